The zero-order chi connectivity index (χ0) is 6.69. The molecule has 0 aliphatic carbocycles. The van der Waals surface area contributed by atoms with Crippen LogP contribution in [-0.2, 0) is 4.74 Å². The van der Waals surface area contributed by atoms with Crippen LogP contribution in [0.2, 0.25) is 0 Å². The van der Waals surface area contributed by atoms with E-state index in [4.69, 9.17) is 14.9 Å². The van der Waals surface area contributed by atoms with Gasteiger partial charge in [0.05, 0.1) is 25.4 Å². The summed E-state index contributed by atoms with van der Waals surface area (Å²) in [6.07, 6.45) is 0.619. The maximum Gasteiger partial charge on any atom is 0.0867 e. The Labute approximate surface area is 54.3 Å². The van der Waals surface area contributed by atoms with Crippen molar-refractivity contribution >= 4 is 0 Å². The maximum absolute atomic E-state index is 8.99. The summed E-state index contributed by atoms with van der Waals surface area (Å²) in [7, 11) is 0. The molecule has 3 nitrogen and oxygen atoms in total. The minimum Gasteiger partial charge on any atom is -0.394 e. The number of aliphatic hydroxyl groups is 2. The molecule has 1 heterocycles. The van der Waals surface area contributed by atoms with E-state index in [9.17, 15) is 0 Å². The average Bonchev–Trinajstić information content (AvgIpc) is 1.88. The summed E-state index contributed by atoms with van der Waals surface area (Å²) in [6, 6.07) is 0. The summed E-state index contributed by atoms with van der Waals surface area (Å²) in [5.74, 6) is 0. The third-order valence-corrected chi connectivity index (χ3v) is 1.40. The topological polar surface area (TPSA) is 49.7 Å². The first-order chi connectivity index (χ1) is 4.33. The van der Waals surface area contributed by atoms with Crippen molar-refractivity contribution in [3.8, 4) is 0 Å². The SMILES string of the molecule is OC[C@@H]1C[C@H](O)C[CH]O1. The van der Waals surface area contributed by atoms with Crippen molar-refractivity contribution < 1.29 is 14.9 Å². The molecule has 0 bridgehead atoms. The van der Waals surface area contributed by atoms with Gasteiger partial charge in [0.15, 0.2) is 0 Å². The van der Waals surface area contributed by atoms with Gasteiger partial charge < -0.3 is 14.9 Å². The van der Waals surface area contributed by atoms with Gasteiger partial charge in [-0.3, -0.25) is 0 Å². The molecule has 0 aromatic carbocycles. The van der Waals surface area contributed by atoms with Crippen molar-refractivity contribution in [3.63, 3.8) is 0 Å². The number of rotatable bonds is 1. The van der Waals surface area contributed by atoms with Gasteiger partial charge in [-0.05, 0) is 0 Å². The van der Waals surface area contributed by atoms with Gasteiger partial charge in [0.1, 0.15) is 0 Å². The molecule has 0 aromatic heterocycles. The summed E-state index contributed by atoms with van der Waals surface area (Å²) in [6.45, 7) is 1.54. The monoisotopic (exact) mass is 131 g/mol. The van der Waals surface area contributed by atoms with E-state index in [1.165, 1.54) is 0 Å². The Morgan fingerprint density at radius 2 is 2.44 bits per heavy atom. The fourth-order valence-corrected chi connectivity index (χ4v) is 0.876. The Balaban J connectivity index is 2.23. The lowest BCUT2D eigenvalue weighted by Gasteiger charge is -2.23. The van der Waals surface area contributed by atoms with Gasteiger partial charge in [-0.1, -0.05) is 0 Å². The molecule has 1 saturated heterocycles. The van der Waals surface area contributed by atoms with E-state index in [1.807, 2.05) is 0 Å². The first-order valence-corrected chi connectivity index (χ1v) is 3.09. The predicted octanol–water partition coefficient (Wildman–Crippen LogP) is -0.320. The lowest BCUT2D eigenvalue weighted by atomic mass is 10.1. The summed E-state index contributed by atoms with van der Waals surface area (Å²) >= 11 is 0. The van der Waals surface area contributed by atoms with E-state index in [1.54, 1.807) is 6.61 Å². The van der Waals surface area contributed by atoms with Crippen molar-refractivity contribution in [2.75, 3.05) is 6.61 Å². The van der Waals surface area contributed by atoms with E-state index in [-0.39, 0.29) is 18.8 Å². The van der Waals surface area contributed by atoms with Gasteiger partial charge in [-0.25, -0.2) is 0 Å². The van der Waals surface area contributed by atoms with Gasteiger partial charge in [-0.2, -0.15) is 0 Å². The maximum atomic E-state index is 8.99. The van der Waals surface area contributed by atoms with Crippen molar-refractivity contribution in [3.05, 3.63) is 6.61 Å². The van der Waals surface area contributed by atoms with Crippen LogP contribution in [0.1, 0.15) is 12.8 Å². The average molecular weight is 131 g/mol. The van der Waals surface area contributed by atoms with Crippen molar-refractivity contribution in [1.82, 2.24) is 0 Å². The molecule has 0 saturated carbocycles. The molecular weight excluding hydrogens is 120 g/mol. The van der Waals surface area contributed by atoms with Crippen molar-refractivity contribution in [1.29, 1.82) is 0 Å². The lowest BCUT2D eigenvalue weighted by molar-refractivity contribution is -0.0309. The highest BCUT2D eigenvalue weighted by Gasteiger charge is 2.19. The minimum atomic E-state index is -0.323. The fourth-order valence-electron chi connectivity index (χ4n) is 0.876. The summed E-state index contributed by atoms with van der Waals surface area (Å²) in [4.78, 5) is 0. The Kier molecular flexibility index (Phi) is 2.45. The second-order valence-corrected chi connectivity index (χ2v) is 2.23. The quantitative estimate of drug-likeness (QED) is 0.512. The summed E-state index contributed by atoms with van der Waals surface area (Å²) < 4.78 is 4.96. The molecule has 1 aliphatic rings. The Morgan fingerprint density at radius 3 is 2.89 bits per heavy atom. The van der Waals surface area contributed by atoms with Crippen molar-refractivity contribution in [2.45, 2.75) is 25.0 Å². The zero-order valence-corrected chi connectivity index (χ0v) is 5.16. The molecule has 1 rings (SSSR count). The van der Waals surface area contributed by atoms with E-state index >= 15 is 0 Å². The van der Waals surface area contributed by atoms with Crippen LogP contribution in [-0.4, -0.2) is 29.0 Å². The van der Waals surface area contributed by atoms with Crippen LogP contribution in [0, 0.1) is 6.61 Å². The summed E-state index contributed by atoms with van der Waals surface area (Å²) in [5, 5.41) is 17.5. The number of hydrogen-bond acceptors (Lipinski definition) is 3. The van der Waals surface area contributed by atoms with E-state index in [2.05, 4.69) is 0 Å². The zero-order valence-electron chi connectivity index (χ0n) is 5.16. The van der Waals surface area contributed by atoms with Gasteiger partial charge in [0, 0.05) is 12.8 Å². The number of aliphatic hydroxyl groups excluding tert-OH is 2. The highest BCUT2D eigenvalue weighted by Crippen LogP contribution is 2.15. The number of hydrogen-bond donors (Lipinski definition) is 2. The molecule has 2 atom stereocenters. The first-order valence-electron chi connectivity index (χ1n) is 3.09. The molecule has 3 heteroatoms. The molecule has 0 unspecified atom stereocenters. The molecule has 0 aromatic rings. The predicted molar refractivity (Wildman–Crippen MR) is 31.5 cm³/mol. The van der Waals surface area contributed by atoms with E-state index in [0.717, 1.165) is 0 Å². The molecule has 9 heavy (non-hydrogen) atoms. The smallest absolute Gasteiger partial charge is 0.0867 e. The third-order valence-electron chi connectivity index (χ3n) is 1.40. The summed E-state index contributed by atoms with van der Waals surface area (Å²) in [5.41, 5.74) is 0. The molecule has 1 aliphatic heterocycles. The van der Waals surface area contributed by atoms with Crippen LogP contribution in [0.15, 0.2) is 0 Å². The molecule has 2 N–H and O–H groups in total. The normalized spacial score (nSPS) is 36.7. The van der Waals surface area contributed by atoms with Crippen molar-refractivity contribution in [2.24, 2.45) is 0 Å². The second-order valence-electron chi connectivity index (χ2n) is 2.23. The molecule has 53 valence electrons. The van der Waals surface area contributed by atoms with Crippen LogP contribution in [0.3, 0.4) is 0 Å². The molecular formula is C6H11O3. The molecule has 0 spiro atoms. The minimum absolute atomic E-state index is 0.00639. The molecule has 1 fully saturated rings. The van der Waals surface area contributed by atoms with E-state index < -0.39 is 0 Å². The third kappa shape index (κ3) is 1.93. The number of ether oxygens (including phenoxy) is 1. The Bertz CT molecular complexity index is 84.4. The van der Waals surface area contributed by atoms with Crippen LogP contribution < -0.4 is 0 Å². The Morgan fingerprint density at radius 1 is 1.67 bits per heavy atom. The van der Waals surface area contributed by atoms with Gasteiger partial charge in [0.25, 0.3) is 0 Å². The van der Waals surface area contributed by atoms with Crippen LogP contribution in [0.4, 0.5) is 0 Å². The van der Waals surface area contributed by atoms with Crippen LogP contribution in [0.25, 0.3) is 0 Å². The highest BCUT2D eigenvalue weighted by atomic mass is 16.5. The molecule has 0 amide bonds. The standard InChI is InChI=1S/C6H11O3/c7-4-6-3-5(8)1-2-9-6/h2,5-8H,1,3-4H2/t5-,6+/m1/s1. The van der Waals surface area contributed by atoms with Crippen LogP contribution >= 0.6 is 0 Å². The van der Waals surface area contributed by atoms with Crippen LogP contribution in [0.5, 0.6) is 0 Å². The van der Waals surface area contributed by atoms with Gasteiger partial charge in [0.2, 0.25) is 0 Å². The first kappa shape index (κ1) is 6.99. The largest absolute Gasteiger partial charge is 0.394 e. The van der Waals surface area contributed by atoms with E-state index in [0.29, 0.717) is 12.8 Å². The van der Waals surface area contributed by atoms with Gasteiger partial charge >= 0.3 is 0 Å². The highest BCUT2D eigenvalue weighted by molar-refractivity contribution is 4.74. The fraction of sp³-hybridized carbons (Fsp3) is 0.833. The molecule has 1 radical (unpaired) electrons. The lowest BCUT2D eigenvalue weighted by Crippen LogP contribution is -2.28. The Hall–Kier alpha value is -0.120. The van der Waals surface area contributed by atoms with Gasteiger partial charge in [-0.15, -0.1) is 0 Å². The second kappa shape index (κ2) is 3.15.